The summed E-state index contributed by atoms with van der Waals surface area (Å²) >= 11 is 0. The summed E-state index contributed by atoms with van der Waals surface area (Å²) in [7, 11) is -0.565. The van der Waals surface area contributed by atoms with Gasteiger partial charge in [0.1, 0.15) is 5.82 Å². The van der Waals surface area contributed by atoms with Crippen molar-refractivity contribution in [2.75, 3.05) is 45.2 Å². The summed E-state index contributed by atoms with van der Waals surface area (Å²) in [5.74, 6) is -0.897. The Labute approximate surface area is 179 Å². The van der Waals surface area contributed by atoms with E-state index >= 15 is 0 Å². The number of sulfonamides is 1. The molecule has 1 aliphatic rings. The maximum Gasteiger partial charge on any atom is 0.270 e. The summed E-state index contributed by atoms with van der Waals surface area (Å²) in [6.07, 6.45) is 0. The average molecular weight is 450 g/mol. The Bertz CT molecular complexity index is 1130. The number of amides is 1. The molecule has 1 saturated heterocycles. The van der Waals surface area contributed by atoms with Crippen molar-refractivity contribution < 1.29 is 22.5 Å². The Balaban J connectivity index is 1.75. The minimum Gasteiger partial charge on any atom is -0.375 e. The number of benzene rings is 2. The molecule has 31 heavy (non-hydrogen) atoms. The first-order valence-corrected chi connectivity index (χ1v) is 11.0. The van der Waals surface area contributed by atoms with Gasteiger partial charge in [-0.3, -0.25) is 14.9 Å². The molecule has 11 heteroatoms. The lowest BCUT2D eigenvalue weighted by atomic mass is 10.1. The fourth-order valence-electron chi connectivity index (χ4n) is 3.44. The molecule has 0 radical (unpaired) electrons. The lowest BCUT2D eigenvalue weighted by molar-refractivity contribution is -0.385. The first-order valence-electron chi connectivity index (χ1n) is 9.53. The van der Waals surface area contributed by atoms with Crippen molar-refractivity contribution in [3.8, 4) is 0 Å². The van der Waals surface area contributed by atoms with Crippen LogP contribution in [0.3, 0.4) is 0 Å². The lowest BCUT2D eigenvalue weighted by Crippen LogP contribution is -2.50. The van der Waals surface area contributed by atoms with E-state index in [0.29, 0.717) is 11.3 Å². The number of nitro benzene ring substituents is 1. The molecule has 1 heterocycles. The molecule has 0 N–H and O–H groups in total. The van der Waals surface area contributed by atoms with Crippen molar-refractivity contribution in [3.63, 3.8) is 0 Å². The van der Waals surface area contributed by atoms with E-state index in [9.17, 15) is 27.7 Å². The van der Waals surface area contributed by atoms with Gasteiger partial charge in [-0.05, 0) is 30.7 Å². The van der Waals surface area contributed by atoms with Crippen LogP contribution in [0.2, 0.25) is 0 Å². The molecule has 0 aliphatic carbocycles. The number of halogens is 1. The van der Waals surface area contributed by atoms with Gasteiger partial charge < -0.3 is 9.80 Å². The van der Waals surface area contributed by atoms with Gasteiger partial charge in [0.05, 0.1) is 15.5 Å². The highest BCUT2D eigenvalue weighted by atomic mass is 32.2. The van der Waals surface area contributed by atoms with Crippen molar-refractivity contribution in [2.45, 2.75) is 11.8 Å². The number of piperazine rings is 1. The molecular weight excluding hydrogens is 427 g/mol. The van der Waals surface area contributed by atoms with E-state index < -0.39 is 20.8 Å². The molecule has 0 aromatic heterocycles. The van der Waals surface area contributed by atoms with Crippen molar-refractivity contribution in [2.24, 2.45) is 0 Å². The lowest BCUT2D eigenvalue weighted by Gasteiger charge is -2.34. The van der Waals surface area contributed by atoms with Crippen LogP contribution in [-0.2, 0) is 10.0 Å². The summed E-state index contributed by atoms with van der Waals surface area (Å²) in [4.78, 5) is 26.1. The van der Waals surface area contributed by atoms with Gasteiger partial charge in [0, 0.05) is 58.0 Å². The third-order valence-electron chi connectivity index (χ3n) is 5.20. The number of carbonyl (C=O) groups excluding carboxylic acids is 1. The summed E-state index contributed by atoms with van der Waals surface area (Å²) < 4.78 is 41.5. The Hall–Kier alpha value is -3.05. The Morgan fingerprint density at radius 2 is 1.74 bits per heavy atom. The first-order chi connectivity index (χ1) is 14.5. The maximum atomic E-state index is 14.2. The number of nitrogens with zero attached hydrogens (tertiary/aromatic N) is 4. The SMILES string of the molecule is Cc1ccc([N+](=O)[O-])cc1S(=O)(=O)N1CCN(C(=O)c2ccc(N(C)C)c(F)c2)CC1. The largest absolute Gasteiger partial charge is 0.375 e. The molecule has 0 unspecified atom stereocenters. The van der Waals surface area contributed by atoms with Crippen LogP contribution in [0.4, 0.5) is 15.8 Å². The smallest absolute Gasteiger partial charge is 0.270 e. The van der Waals surface area contributed by atoms with E-state index in [1.165, 1.54) is 39.5 Å². The highest BCUT2D eigenvalue weighted by molar-refractivity contribution is 7.89. The number of nitro groups is 1. The number of hydrogen-bond acceptors (Lipinski definition) is 6. The van der Waals surface area contributed by atoms with Gasteiger partial charge in [-0.15, -0.1) is 0 Å². The third kappa shape index (κ3) is 4.52. The van der Waals surface area contributed by atoms with E-state index in [-0.39, 0.29) is 48.2 Å². The molecule has 9 nitrogen and oxygen atoms in total. The normalized spacial score (nSPS) is 15.0. The number of hydrogen-bond donors (Lipinski definition) is 0. The second-order valence-electron chi connectivity index (χ2n) is 7.46. The van der Waals surface area contributed by atoms with Gasteiger partial charge in [-0.2, -0.15) is 4.31 Å². The Kier molecular flexibility index (Phi) is 6.27. The number of aryl methyl sites for hydroxylation is 1. The van der Waals surface area contributed by atoms with Crippen LogP contribution < -0.4 is 4.90 Å². The molecule has 0 saturated carbocycles. The molecule has 1 aliphatic heterocycles. The molecule has 1 fully saturated rings. The van der Waals surface area contributed by atoms with Crippen LogP contribution >= 0.6 is 0 Å². The summed E-state index contributed by atoms with van der Waals surface area (Å²) in [5.41, 5.74) is 0.649. The predicted octanol–water partition coefficient (Wildman–Crippen LogP) is 2.26. The molecule has 2 aromatic rings. The fourth-order valence-corrected chi connectivity index (χ4v) is 5.10. The van der Waals surface area contributed by atoms with Crippen LogP contribution in [0.25, 0.3) is 0 Å². The number of anilines is 1. The number of carbonyl (C=O) groups is 1. The summed E-state index contributed by atoms with van der Waals surface area (Å²) in [6.45, 7) is 1.90. The zero-order chi connectivity index (χ0) is 22.9. The van der Waals surface area contributed by atoms with Crippen LogP contribution in [0.1, 0.15) is 15.9 Å². The Morgan fingerprint density at radius 3 is 2.29 bits per heavy atom. The summed E-state index contributed by atoms with van der Waals surface area (Å²) in [6, 6.07) is 7.94. The topological polar surface area (TPSA) is 104 Å². The molecule has 0 spiro atoms. The monoisotopic (exact) mass is 450 g/mol. The molecule has 166 valence electrons. The number of non-ortho nitro benzene ring substituents is 1. The van der Waals surface area contributed by atoms with Gasteiger partial charge in [0.25, 0.3) is 11.6 Å². The van der Waals surface area contributed by atoms with Crippen LogP contribution in [0.15, 0.2) is 41.3 Å². The van der Waals surface area contributed by atoms with Crippen molar-refractivity contribution in [1.82, 2.24) is 9.21 Å². The minimum absolute atomic E-state index is 0.0362. The van der Waals surface area contributed by atoms with Crippen LogP contribution in [0.5, 0.6) is 0 Å². The molecule has 1 amide bonds. The maximum absolute atomic E-state index is 14.2. The van der Waals surface area contributed by atoms with Gasteiger partial charge in [-0.25, -0.2) is 12.8 Å². The second kappa shape index (κ2) is 8.60. The molecule has 0 atom stereocenters. The van der Waals surface area contributed by atoms with Gasteiger partial charge in [-0.1, -0.05) is 6.07 Å². The minimum atomic E-state index is -3.96. The number of rotatable bonds is 5. The average Bonchev–Trinajstić information content (AvgIpc) is 2.73. The van der Waals surface area contributed by atoms with E-state index in [2.05, 4.69) is 0 Å². The fraction of sp³-hybridized carbons (Fsp3) is 0.350. The molecule has 3 rings (SSSR count). The quantitative estimate of drug-likeness (QED) is 0.511. The standard InChI is InChI=1S/C20H23FN4O5S/c1-14-4-6-16(25(27)28)13-19(14)31(29,30)24-10-8-23(9-11-24)20(26)15-5-7-18(22(2)3)17(21)12-15/h4-7,12-13H,8-11H2,1-3H3. The zero-order valence-electron chi connectivity index (χ0n) is 17.4. The van der Waals surface area contributed by atoms with Gasteiger partial charge in [0.15, 0.2) is 0 Å². The van der Waals surface area contributed by atoms with E-state index in [4.69, 9.17) is 0 Å². The highest BCUT2D eigenvalue weighted by Gasteiger charge is 2.32. The molecule has 0 bridgehead atoms. The van der Waals surface area contributed by atoms with E-state index in [1.54, 1.807) is 25.9 Å². The van der Waals surface area contributed by atoms with E-state index in [1.807, 2.05) is 0 Å². The van der Waals surface area contributed by atoms with Crippen LogP contribution in [-0.4, -0.2) is 68.7 Å². The highest BCUT2D eigenvalue weighted by Crippen LogP contribution is 2.26. The zero-order valence-corrected chi connectivity index (χ0v) is 18.2. The molecule has 2 aromatic carbocycles. The summed E-state index contributed by atoms with van der Waals surface area (Å²) in [5, 5.41) is 11.0. The van der Waals surface area contributed by atoms with Crippen LogP contribution in [0, 0.1) is 22.9 Å². The molecular formula is C20H23FN4O5S. The first kappa shape index (κ1) is 22.6. The second-order valence-corrected chi connectivity index (χ2v) is 9.37. The predicted molar refractivity (Wildman–Crippen MR) is 113 cm³/mol. The Morgan fingerprint density at radius 1 is 1.10 bits per heavy atom. The van der Waals surface area contributed by atoms with Gasteiger partial charge in [0.2, 0.25) is 10.0 Å². The third-order valence-corrected chi connectivity index (χ3v) is 7.24. The van der Waals surface area contributed by atoms with E-state index in [0.717, 1.165) is 6.07 Å². The van der Waals surface area contributed by atoms with Crippen molar-refractivity contribution in [3.05, 3.63) is 63.5 Å². The van der Waals surface area contributed by atoms with Crippen molar-refractivity contribution >= 4 is 27.3 Å². The van der Waals surface area contributed by atoms with Crippen molar-refractivity contribution in [1.29, 1.82) is 0 Å². The van der Waals surface area contributed by atoms with Gasteiger partial charge >= 0.3 is 0 Å².